The molecule has 0 bridgehead atoms. The minimum Gasteiger partial charge on any atom is -0.495 e. The summed E-state index contributed by atoms with van der Waals surface area (Å²) >= 11 is 6.07. The molecule has 1 N–H and O–H groups in total. The first-order valence-electron chi connectivity index (χ1n) is 5.80. The zero-order valence-corrected chi connectivity index (χ0v) is 11.2. The summed E-state index contributed by atoms with van der Waals surface area (Å²) in [5.74, 6) is 0.584. The normalized spacial score (nSPS) is 9.74. The van der Waals surface area contributed by atoms with E-state index in [2.05, 4.69) is 11.4 Å². The molecule has 2 aromatic rings. The van der Waals surface area contributed by atoms with Crippen molar-refractivity contribution in [2.45, 2.75) is 6.54 Å². The van der Waals surface area contributed by atoms with Gasteiger partial charge in [0.1, 0.15) is 11.8 Å². The zero-order valence-electron chi connectivity index (χ0n) is 10.5. The maximum Gasteiger partial charge on any atom is 0.136 e. The van der Waals surface area contributed by atoms with E-state index in [-0.39, 0.29) is 0 Å². The second kappa shape index (κ2) is 6.12. The van der Waals surface area contributed by atoms with E-state index < -0.39 is 0 Å². The van der Waals surface area contributed by atoms with Crippen LogP contribution >= 0.6 is 11.6 Å². The van der Waals surface area contributed by atoms with Crippen LogP contribution in [0.2, 0.25) is 5.02 Å². The second-order valence-corrected chi connectivity index (χ2v) is 4.39. The Kier molecular flexibility index (Phi) is 4.27. The van der Waals surface area contributed by atoms with Crippen LogP contribution in [0.4, 0.5) is 5.69 Å². The van der Waals surface area contributed by atoms with Crippen molar-refractivity contribution in [3.63, 3.8) is 0 Å². The lowest BCUT2D eigenvalue weighted by molar-refractivity contribution is 0.413. The molecule has 0 atom stereocenters. The molecule has 0 radical (unpaired) electrons. The molecule has 0 saturated heterocycles. The van der Waals surface area contributed by atoms with E-state index >= 15 is 0 Å². The highest BCUT2D eigenvalue weighted by atomic mass is 35.5. The maximum atomic E-state index is 8.92. The molecule has 19 heavy (non-hydrogen) atoms. The minimum atomic E-state index is 0.531. The monoisotopic (exact) mass is 272 g/mol. The van der Waals surface area contributed by atoms with Gasteiger partial charge in [0.2, 0.25) is 0 Å². The van der Waals surface area contributed by atoms with E-state index in [0.717, 1.165) is 11.3 Å². The molecule has 2 rings (SSSR count). The Labute approximate surface area is 117 Å². The molecule has 0 spiro atoms. The first-order chi connectivity index (χ1) is 9.24. The topological polar surface area (TPSA) is 45.0 Å². The fourth-order valence-corrected chi connectivity index (χ4v) is 1.94. The van der Waals surface area contributed by atoms with Gasteiger partial charge in [-0.1, -0.05) is 29.8 Å². The van der Waals surface area contributed by atoms with Crippen molar-refractivity contribution >= 4 is 17.3 Å². The van der Waals surface area contributed by atoms with E-state index in [1.807, 2.05) is 36.4 Å². The van der Waals surface area contributed by atoms with Gasteiger partial charge >= 0.3 is 0 Å². The Morgan fingerprint density at radius 1 is 1.26 bits per heavy atom. The number of nitrogens with one attached hydrogen (secondary N) is 1. The predicted molar refractivity (Wildman–Crippen MR) is 76.5 cm³/mol. The van der Waals surface area contributed by atoms with Crippen molar-refractivity contribution in [2.75, 3.05) is 12.4 Å². The number of hydrogen-bond donors (Lipinski definition) is 1. The van der Waals surface area contributed by atoms with Crippen LogP contribution in [0.15, 0.2) is 42.5 Å². The van der Waals surface area contributed by atoms with Crippen LogP contribution in [-0.2, 0) is 6.54 Å². The van der Waals surface area contributed by atoms with Gasteiger partial charge < -0.3 is 10.1 Å². The summed E-state index contributed by atoms with van der Waals surface area (Å²) in [6, 6.07) is 15.2. The van der Waals surface area contributed by atoms with Gasteiger partial charge in [-0.05, 0) is 29.8 Å². The van der Waals surface area contributed by atoms with Crippen molar-refractivity contribution in [2.24, 2.45) is 0 Å². The van der Waals surface area contributed by atoms with Crippen molar-refractivity contribution in [1.29, 1.82) is 5.26 Å². The number of halogens is 1. The van der Waals surface area contributed by atoms with Gasteiger partial charge in [0.25, 0.3) is 0 Å². The minimum absolute atomic E-state index is 0.531. The smallest absolute Gasteiger partial charge is 0.136 e. The number of anilines is 1. The van der Waals surface area contributed by atoms with E-state index in [9.17, 15) is 0 Å². The third-order valence-corrected chi connectivity index (χ3v) is 3.07. The van der Waals surface area contributed by atoms with E-state index in [4.69, 9.17) is 21.6 Å². The number of ether oxygens (including phenoxy) is 1. The van der Waals surface area contributed by atoms with Gasteiger partial charge in [-0.25, -0.2) is 0 Å². The molecule has 0 aromatic heterocycles. The van der Waals surface area contributed by atoms with Gasteiger partial charge in [-0.3, -0.25) is 0 Å². The molecule has 0 unspecified atom stereocenters. The molecule has 0 amide bonds. The molecule has 0 aliphatic heterocycles. The standard InChI is InChI=1S/C15H13ClN2O/c1-19-15-8-11(6-7-12(15)9-17)10-18-14-5-3-2-4-13(14)16/h2-8,18H,10H2,1H3. The molecular formula is C15H13ClN2O. The zero-order chi connectivity index (χ0) is 13.7. The highest BCUT2D eigenvalue weighted by Gasteiger charge is 2.04. The number of nitrogens with zero attached hydrogens (tertiary/aromatic N) is 1. The van der Waals surface area contributed by atoms with Crippen molar-refractivity contribution in [1.82, 2.24) is 0 Å². The van der Waals surface area contributed by atoms with Gasteiger partial charge in [-0.2, -0.15) is 5.26 Å². The van der Waals surface area contributed by atoms with Crippen LogP contribution < -0.4 is 10.1 Å². The Morgan fingerprint density at radius 3 is 2.74 bits per heavy atom. The lowest BCUT2D eigenvalue weighted by atomic mass is 10.1. The van der Waals surface area contributed by atoms with Crippen LogP contribution in [0.5, 0.6) is 5.75 Å². The Hall–Kier alpha value is -2.18. The summed E-state index contributed by atoms with van der Waals surface area (Å²) in [7, 11) is 1.56. The number of hydrogen-bond acceptors (Lipinski definition) is 3. The summed E-state index contributed by atoms with van der Waals surface area (Å²) < 4.78 is 5.18. The van der Waals surface area contributed by atoms with Gasteiger partial charge in [-0.15, -0.1) is 0 Å². The third-order valence-electron chi connectivity index (χ3n) is 2.74. The highest BCUT2D eigenvalue weighted by Crippen LogP contribution is 2.23. The van der Waals surface area contributed by atoms with E-state index in [1.165, 1.54) is 0 Å². The Bertz CT molecular complexity index is 620. The van der Waals surface area contributed by atoms with E-state index in [1.54, 1.807) is 13.2 Å². The lowest BCUT2D eigenvalue weighted by Gasteiger charge is -2.10. The number of methoxy groups -OCH3 is 1. The Balaban J connectivity index is 2.13. The summed E-state index contributed by atoms with van der Waals surface area (Å²) in [6.07, 6.45) is 0. The molecule has 0 aliphatic rings. The quantitative estimate of drug-likeness (QED) is 0.920. The number of rotatable bonds is 4. The van der Waals surface area contributed by atoms with Gasteiger partial charge in [0.15, 0.2) is 0 Å². The molecular weight excluding hydrogens is 260 g/mol. The van der Waals surface area contributed by atoms with Crippen LogP contribution in [0, 0.1) is 11.3 Å². The van der Waals surface area contributed by atoms with Gasteiger partial charge in [0, 0.05) is 6.54 Å². The largest absolute Gasteiger partial charge is 0.495 e. The number of para-hydroxylation sites is 1. The fourth-order valence-electron chi connectivity index (χ4n) is 1.74. The van der Waals surface area contributed by atoms with Crippen LogP contribution in [0.25, 0.3) is 0 Å². The highest BCUT2D eigenvalue weighted by molar-refractivity contribution is 6.33. The van der Waals surface area contributed by atoms with Crippen molar-refractivity contribution in [3.8, 4) is 11.8 Å². The first kappa shape index (κ1) is 13.3. The van der Waals surface area contributed by atoms with Crippen LogP contribution in [-0.4, -0.2) is 7.11 Å². The average Bonchev–Trinajstić information content (AvgIpc) is 2.46. The molecule has 4 heteroatoms. The summed E-state index contributed by atoms with van der Waals surface area (Å²) in [5.41, 5.74) is 2.44. The van der Waals surface area contributed by atoms with Crippen LogP contribution in [0.3, 0.4) is 0 Å². The molecule has 2 aromatic carbocycles. The SMILES string of the molecule is COc1cc(CNc2ccccc2Cl)ccc1C#N. The van der Waals surface area contributed by atoms with Gasteiger partial charge in [0.05, 0.1) is 23.4 Å². The van der Waals surface area contributed by atoms with Crippen molar-refractivity contribution < 1.29 is 4.74 Å². The molecule has 0 fully saturated rings. The first-order valence-corrected chi connectivity index (χ1v) is 6.18. The number of benzene rings is 2. The summed E-state index contributed by atoms with van der Waals surface area (Å²) in [4.78, 5) is 0. The van der Waals surface area contributed by atoms with Crippen LogP contribution in [0.1, 0.15) is 11.1 Å². The second-order valence-electron chi connectivity index (χ2n) is 3.98. The summed E-state index contributed by atoms with van der Waals surface area (Å²) in [5, 5.41) is 12.9. The molecule has 0 aliphatic carbocycles. The molecule has 0 heterocycles. The Morgan fingerprint density at radius 2 is 2.05 bits per heavy atom. The van der Waals surface area contributed by atoms with E-state index in [0.29, 0.717) is 22.9 Å². The van der Waals surface area contributed by atoms with Crippen molar-refractivity contribution in [3.05, 3.63) is 58.6 Å². The summed E-state index contributed by atoms with van der Waals surface area (Å²) in [6.45, 7) is 0.617. The maximum absolute atomic E-state index is 8.92. The lowest BCUT2D eigenvalue weighted by Crippen LogP contribution is -2.00. The predicted octanol–water partition coefficient (Wildman–Crippen LogP) is 3.83. The number of nitriles is 1. The molecule has 0 saturated carbocycles. The third kappa shape index (κ3) is 3.18. The average molecular weight is 273 g/mol. The fraction of sp³-hybridized carbons (Fsp3) is 0.133. The molecule has 3 nitrogen and oxygen atoms in total. The molecule has 96 valence electrons.